The van der Waals surface area contributed by atoms with Crippen LogP contribution in [-0.2, 0) is 47.7 Å². The van der Waals surface area contributed by atoms with Crippen molar-refractivity contribution in [2.75, 3.05) is 0 Å². The summed E-state index contributed by atoms with van der Waals surface area (Å²) in [5.41, 5.74) is -6.62. The molecule has 1 saturated heterocycles. The molecule has 0 aromatic rings. The summed E-state index contributed by atoms with van der Waals surface area (Å²) in [7, 11) is 0. The fraction of sp³-hybridized carbons (Fsp3) is 0.750. The number of rotatable bonds is 4. The van der Waals surface area contributed by atoms with Crippen molar-refractivity contribution in [3.8, 4) is 0 Å². The number of ether oxygens (including phenoxy) is 5. The number of hydrogen-bond donors (Lipinski definition) is 3. The van der Waals surface area contributed by atoms with Gasteiger partial charge >= 0.3 is 29.8 Å². The van der Waals surface area contributed by atoms with Crippen LogP contribution in [0.15, 0.2) is 11.6 Å². The van der Waals surface area contributed by atoms with Crippen LogP contribution >= 0.6 is 0 Å². The van der Waals surface area contributed by atoms with Crippen LogP contribution in [0.4, 0.5) is 0 Å². The predicted octanol–water partition coefficient (Wildman–Crippen LogP) is 0.494. The Labute approximate surface area is 238 Å². The first kappa shape index (κ1) is 32.5. The first-order chi connectivity index (χ1) is 18.8. The van der Waals surface area contributed by atoms with Gasteiger partial charge in [0.25, 0.3) is 0 Å². The molecule has 1 heterocycles. The molecule has 1 aliphatic heterocycles. The van der Waals surface area contributed by atoms with Crippen LogP contribution in [0.1, 0.15) is 68.2 Å². The van der Waals surface area contributed by atoms with Crippen molar-refractivity contribution < 1.29 is 63.0 Å². The highest BCUT2D eigenvalue weighted by molar-refractivity contribution is 5.84. The van der Waals surface area contributed by atoms with E-state index in [0.29, 0.717) is 0 Å². The van der Waals surface area contributed by atoms with Crippen LogP contribution < -0.4 is 0 Å². The lowest BCUT2D eigenvalue weighted by Crippen LogP contribution is -2.72. The molecule has 3 rings (SSSR count). The van der Waals surface area contributed by atoms with Crippen molar-refractivity contribution in [3.63, 3.8) is 0 Å². The lowest BCUT2D eigenvalue weighted by Gasteiger charge is -2.58. The van der Waals surface area contributed by atoms with Crippen LogP contribution in [0, 0.1) is 17.3 Å². The van der Waals surface area contributed by atoms with Gasteiger partial charge < -0.3 is 39.0 Å². The molecule has 0 aromatic carbocycles. The van der Waals surface area contributed by atoms with Crippen molar-refractivity contribution in [2.24, 2.45) is 17.3 Å². The number of esters is 5. The minimum Gasteiger partial charge on any atom is -0.462 e. The highest BCUT2D eigenvalue weighted by Crippen LogP contribution is 2.57. The molecule has 0 aromatic heterocycles. The molecular weight excluding hydrogens is 544 g/mol. The molecule has 2 fully saturated rings. The molecule has 0 radical (unpaired) electrons. The number of carbonyl (C=O) groups is 5. The van der Waals surface area contributed by atoms with E-state index in [1.54, 1.807) is 13.8 Å². The zero-order valence-corrected chi connectivity index (χ0v) is 24.5. The van der Waals surface area contributed by atoms with Crippen molar-refractivity contribution in [1.29, 1.82) is 0 Å². The summed E-state index contributed by atoms with van der Waals surface area (Å²) in [6.45, 7) is 10.3. The minimum absolute atomic E-state index is 0.126. The van der Waals surface area contributed by atoms with Gasteiger partial charge in [0.15, 0.2) is 17.3 Å². The molecule has 41 heavy (non-hydrogen) atoms. The average molecular weight is 585 g/mol. The molecule has 2 aliphatic carbocycles. The van der Waals surface area contributed by atoms with Crippen LogP contribution in [-0.4, -0.2) is 93.0 Å². The number of aliphatic hydroxyl groups is 3. The second-order valence-electron chi connectivity index (χ2n) is 11.7. The van der Waals surface area contributed by atoms with E-state index in [2.05, 4.69) is 0 Å². The Morgan fingerprint density at radius 2 is 1.37 bits per heavy atom. The van der Waals surface area contributed by atoms with Crippen molar-refractivity contribution >= 4 is 29.8 Å². The molecule has 13 heteroatoms. The van der Waals surface area contributed by atoms with Gasteiger partial charge in [0, 0.05) is 51.9 Å². The van der Waals surface area contributed by atoms with Crippen molar-refractivity contribution in [3.05, 3.63) is 11.6 Å². The van der Waals surface area contributed by atoms with Crippen molar-refractivity contribution in [2.45, 2.75) is 116 Å². The van der Waals surface area contributed by atoms with E-state index < -0.39 is 94.9 Å². The van der Waals surface area contributed by atoms with E-state index in [4.69, 9.17) is 23.7 Å². The van der Waals surface area contributed by atoms with E-state index >= 15 is 0 Å². The second-order valence-corrected chi connectivity index (χ2v) is 11.7. The monoisotopic (exact) mass is 584 g/mol. The molecule has 13 nitrogen and oxygen atoms in total. The van der Waals surface area contributed by atoms with E-state index in [1.807, 2.05) is 0 Å². The standard InChI is InChI=1S/C28H40O13/c1-12-9-22-28(36,27(8,35)25(34)41-22)24(40-17(6)32)23-13(2)18(33)10-20(38-15(4)30)26(23,7)21(39-16(5)31)11-19(12)37-14(3)29/h9,13,18-24,33,35-36H,10-11H2,1-8H3/b12-9-/t13-,18-,19+,20-,21-,22-,23+,24-,26+,27-,28+/m0/s1. The first-order valence-electron chi connectivity index (χ1n) is 13.5. The quantitative estimate of drug-likeness (QED) is 0.235. The number of fused-ring (bicyclic) bond motifs is 2. The fourth-order valence-electron chi connectivity index (χ4n) is 6.78. The maximum absolute atomic E-state index is 13.0. The van der Waals surface area contributed by atoms with Crippen LogP contribution in [0.5, 0.6) is 0 Å². The largest absolute Gasteiger partial charge is 0.462 e. The van der Waals surface area contributed by atoms with E-state index in [1.165, 1.54) is 19.9 Å². The Bertz CT molecular complexity index is 1130. The first-order valence-corrected chi connectivity index (χ1v) is 13.5. The lowest BCUT2D eigenvalue weighted by atomic mass is 9.52. The third kappa shape index (κ3) is 5.59. The topological polar surface area (TPSA) is 192 Å². The minimum atomic E-state index is -2.67. The summed E-state index contributed by atoms with van der Waals surface area (Å²) >= 11 is 0. The van der Waals surface area contributed by atoms with Crippen molar-refractivity contribution in [1.82, 2.24) is 0 Å². The normalized spacial score (nSPS) is 43.7. The summed E-state index contributed by atoms with van der Waals surface area (Å²) in [6.07, 6.45) is -7.09. The van der Waals surface area contributed by atoms with Gasteiger partial charge in [-0.25, -0.2) is 4.79 Å². The lowest BCUT2D eigenvalue weighted by molar-refractivity contribution is -0.265. The van der Waals surface area contributed by atoms with Gasteiger partial charge in [0.1, 0.15) is 24.4 Å². The smallest absolute Gasteiger partial charge is 0.341 e. The number of hydrogen-bond acceptors (Lipinski definition) is 13. The van der Waals surface area contributed by atoms with E-state index in [-0.39, 0.29) is 18.4 Å². The molecule has 11 atom stereocenters. The van der Waals surface area contributed by atoms with Crippen LogP contribution in [0.25, 0.3) is 0 Å². The SMILES string of the molecule is CC(=O)O[C@H]1C[C@@H](OC(C)=O)/C(C)=C\[C@@H]2OC(=O)[C@](C)(O)[C@]2(O)[C@@H](OC(C)=O)[C@H]2[C@@H](C)[C@@H](O)C[C@H](OC(C)=O)[C@@]21C. The van der Waals surface area contributed by atoms with Crippen LogP contribution in [0.2, 0.25) is 0 Å². The molecule has 3 aliphatic rings. The van der Waals surface area contributed by atoms with Gasteiger partial charge in [0.05, 0.1) is 6.10 Å². The van der Waals surface area contributed by atoms with Crippen LogP contribution in [0.3, 0.4) is 0 Å². The van der Waals surface area contributed by atoms with Gasteiger partial charge in [-0.05, 0) is 31.4 Å². The molecule has 230 valence electrons. The Balaban J connectivity index is 2.48. The zero-order chi connectivity index (χ0) is 31.2. The van der Waals surface area contributed by atoms with Gasteiger partial charge in [0.2, 0.25) is 0 Å². The number of aliphatic hydroxyl groups excluding tert-OH is 1. The molecule has 0 unspecified atom stereocenters. The molecule has 1 saturated carbocycles. The van der Waals surface area contributed by atoms with Gasteiger partial charge in [-0.3, -0.25) is 19.2 Å². The van der Waals surface area contributed by atoms with E-state index in [9.17, 15) is 39.3 Å². The highest BCUT2D eigenvalue weighted by Gasteiger charge is 2.74. The summed E-state index contributed by atoms with van der Waals surface area (Å²) < 4.78 is 28.2. The predicted molar refractivity (Wildman–Crippen MR) is 137 cm³/mol. The Morgan fingerprint density at radius 1 is 0.878 bits per heavy atom. The summed E-state index contributed by atoms with van der Waals surface area (Å²) in [4.78, 5) is 62.5. The summed E-state index contributed by atoms with van der Waals surface area (Å²) in [5.74, 6) is -6.35. The molecule has 0 spiro atoms. The Hall–Kier alpha value is -3.03. The maximum Gasteiger partial charge on any atom is 0.341 e. The molecule has 3 N–H and O–H groups in total. The van der Waals surface area contributed by atoms with Gasteiger partial charge in [-0.15, -0.1) is 0 Å². The second kappa shape index (κ2) is 11.3. The third-order valence-corrected chi connectivity index (χ3v) is 8.91. The third-order valence-electron chi connectivity index (χ3n) is 8.91. The Morgan fingerprint density at radius 3 is 1.85 bits per heavy atom. The molecule has 0 amide bonds. The summed E-state index contributed by atoms with van der Waals surface area (Å²) in [6, 6.07) is 0. The maximum atomic E-state index is 13.0. The van der Waals surface area contributed by atoms with Gasteiger partial charge in [-0.1, -0.05) is 13.8 Å². The highest BCUT2D eigenvalue weighted by atomic mass is 16.6. The zero-order valence-electron chi connectivity index (χ0n) is 24.5. The molecule has 0 bridgehead atoms. The fourth-order valence-corrected chi connectivity index (χ4v) is 6.78. The van der Waals surface area contributed by atoms with E-state index in [0.717, 1.165) is 27.7 Å². The molecular formula is C28H40O13. The average Bonchev–Trinajstić information content (AvgIpc) is 2.99. The number of carbonyl (C=O) groups excluding carboxylic acids is 5. The summed E-state index contributed by atoms with van der Waals surface area (Å²) in [5, 5.41) is 35.0. The Kier molecular flexibility index (Phi) is 8.98. The van der Waals surface area contributed by atoms with Gasteiger partial charge in [-0.2, -0.15) is 0 Å².